The zero-order valence-corrected chi connectivity index (χ0v) is 9.53. The molecule has 2 aromatic rings. The van der Waals surface area contributed by atoms with E-state index in [9.17, 15) is 13.2 Å². The van der Waals surface area contributed by atoms with E-state index in [2.05, 4.69) is 15.0 Å². The first kappa shape index (κ1) is 13.0. The number of halogens is 3. The Morgan fingerprint density at radius 3 is 2.68 bits per heavy atom. The van der Waals surface area contributed by atoms with E-state index in [1.54, 1.807) is 12.1 Å². The van der Waals surface area contributed by atoms with E-state index in [1.165, 1.54) is 12.3 Å². The minimum absolute atomic E-state index is 0.298. The normalized spacial score (nSPS) is 11.1. The number of benzene rings is 1. The Kier molecular flexibility index (Phi) is 3.42. The fourth-order valence-corrected chi connectivity index (χ4v) is 1.52. The molecule has 4 nitrogen and oxygen atoms in total. The Balaban J connectivity index is 2.18. The third-order valence-corrected chi connectivity index (χ3v) is 2.41. The fraction of sp³-hybridized carbons (Fsp3) is 0.167. The Bertz CT molecular complexity index is 600. The maximum atomic E-state index is 12.6. The number of rotatable bonds is 3. The molecular weight excluding hydrogens is 259 g/mol. The molecule has 19 heavy (non-hydrogen) atoms. The van der Waals surface area contributed by atoms with Gasteiger partial charge < -0.3 is 9.84 Å². The van der Waals surface area contributed by atoms with Crippen molar-refractivity contribution in [1.82, 2.24) is 5.16 Å². The molecule has 0 fully saturated rings. The van der Waals surface area contributed by atoms with Gasteiger partial charge in [-0.3, -0.25) is 0 Å². The predicted octanol–water partition coefficient (Wildman–Crippen LogP) is 3.18. The van der Waals surface area contributed by atoms with Gasteiger partial charge in [-0.2, -0.15) is 18.4 Å². The SMILES string of the molecule is N#Cc1cc(NCc2ccon2)ccc1C(F)(F)F. The van der Waals surface area contributed by atoms with Gasteiger partial charge in [0.2, 0.25) is 0 Å². The van der Waals surface area contributed by atoms with Gasteiger partial charge in [-0.15, -0.1) is 0 Å². The van der Waals surface area contributed by atoms with E-state index >= 15 is 0 Å². The molecule has 1 N–H and O–H groups in total. The number of nitrogens with zero attached hydrogens (tertiary/aromatic N) is 2. The predicted molar refractivity (Wildman–Crippen MR) is 60.0 cm³/mol. The number of aromatic nitrogens is 1. The Hall–Kier alpha value is -2.49. The van der Waals surface area contributed by atoms with Crippen LogP contribution in [-0.4, -0.2) is 5.16 Å². The van der Waals surface area contributed by atoms with Crippen molar-refractivity contribution in [2.45, 2.75) is 12.7 Å². The Morgan fingerprint density at radius 2 is 2.11 bits per heavy atom. The van der Waals surface area contributed by atoms with Crippen molar-refractivity contribution in [3.63, 3.8) is 0 Å². The van der Waals surface area contributed by atoms with Gasteiger partial charge in [-0.25, -0.2) is 0 Å². The van der Waals surface area contributed by atoms with Crippen molar-refractivity contribution in [3.8, 4) is 6.07 Å². The van der Waals surface area contributed by atoms with Gasteiger partial charge in [0.1, 0.15) is 12.0 Å². The maximum Gasteiger partial charge on any atom is 0.417 e. The van der Waals surface area contributed by atoms with Crippen LogP contribution in [0.1, 0.15) is 16.8 Å². The third-order valence-electron chi connectivity index (χ3n) is 2.41. The van der Waals surface area contributed by atoms with Crippen LogP contribution in [0.3, 0.4) is 0 Å². The number of nitriles is 1. The van der Waals surface area contributed by atoms with E-state index in [-0.39, 0.29) is 0 Å². The molecule has 1 aromatic heterocycles. The first-order valence-electron chi connectivity index (χ1n) is 5.25. The van der Waals surface area contributed by atoms with Crippen LogP contribution in [0.2, 0.25) is 0 Å². The van der Waals surface area contributed by atoms with Gasteiger partial charge in [0.05, 0.1) is 23.7 Å². The standard InChI is InChI=1S/C12H8F3N3O/c13-12(14,15)11-2-1-9(5-8(11)6-16)17-7-10-3-4-19-18-10/h1-5,17H,7H2. The van der Waals surface area contributed by atoms with Gasteiger partial charge in [-0.05, 0) is 18.2 Å². The number of nitrogens with one attached hydrogen (secondary N) is 1. The summed E-state index contributed by atoms with van der Waals surface area (Å²) in [6, 6.07) is 6.47. The summed E-state index contributed by atoms with van der Waals surface area (Å²) in [6.07, 6.45) is -3.14. The first-order chi connectivity index (χ1) is 9.00. The molecule has 1 heterocycles. The second kappa shape index (κ2) is 5.02. The zero-order chi connectivity index (χ0) is 13.9. The number of alkyl halides is 3. The smallest absolute Gasteiger partial charge is 0.379 e. The first-order valence-corrected chi connectivity index (χ1v) is 5.25. The lowest BCUT2D eigenvalue weighted by Gasteiger charge is -2.10. The molecule has 0 bridgehead atoms. The topological polar surface area (TPSA) is 61.9 Å². The highest BCUT2D eigenvalue weighted by Crippen LogP contribution is 2.33. The van der Waals surface area contributed by atoms with Gasteiger partial charge in [0, 0.05) is 11.8 Å². The summed E-state index contributed by atoms with van der Waals surface area (Å²) >= 11 is 0. The van der Waals surface area contributed by atoms with Crippen molar-refractivity contribution >= 4 is 5.69 Å². The summed E-state index contributed by atoms with van der Waals surface area (Å²) in [6.45, 7) is 0.298. The lowest BCUT2D eigenvalue weighted by molar-refractivity contribution is -0.137. The van der Waals surface area contributed by atoms with Crippen LogP contribution in [0, 0.1) is 11.3 Å². The molecule has 0 aliphatic rings. The molecule has 0 amide bonds. The van der Waals surface area contributed by atoms with E-state index in [0.29, 0.717) is 17.9 Å². The Labute approximate surface area is 106 Å². The minimum Gasteiger partial charge on any atom is -0.379 e. The molecule has 0 saturated carbocycles. The largest absolute Gasteiger partial charge is 0.417 e. The molecule has 2 rings (SSSR count). The summed E-state index contributed by atoms with van der Waals surface area (Å²) in [5.41, 5.74) is -0.342. The molecular formula is C12H8F3N3O. The summed E-state index contributed by atoms with van der Waals surface area (Å²) in [5.74, 6) is 0. The molecule has 0 spiro atoms. The van der Waals surface area contributed by atoms with Crippen molar-refractivity contribution in [1.29, 1.82) is 5.26 Å². The number of anilines is 1. The van der Waals surface area contributed by atoms with Gasteiger partial charge in [-0.1, -0.05) is 5.16 Å². The van der Waals surface area contributed by atoms with Crippen LogP contribution < -0.4 is 5.32 Å². The Morgan fingerprint density at radius 1 is 1.32 bits per heavy atom. The van der Waals surface area contributed by atoms with Gasteiger partial charge in [0.25, 0.3) is 0 Å². The summed E-state index contributed by atoms with van der Waals surface area (Å²) in [7, 11) is 0. The molecule has 0 saturated heterocycles. The molecule has 0 atom stereocenters. The van der Waals surface area contributed by atoms with Crippen LogP contribution >= 0.6 is 0 Å². The number of hydrogen-bond acceptors (Lipinski definition) is 4. The monoisotopic (exact) mass is 267 g/mol. The minimum atomic E-state index is -4.53. The highest BCUT2D eigenvalue weighted by atomic mass is 19.4. The fourth-order valence-electron chi connectivity index (χ4n) is 1.52. The van der Waals surface area contributed by atoms with E-state index in [0.717, 1.165) is 12.1 Å². The van der Waals surface area contributed by atoms with Gasteiger partial charge >= 0.3 is 6.18 Å². The van der Waals surface area contributed by atoms with Crippen LogP contribution in [0.25, 0.3) is 0 Å². The van der Waals surface area contributed by atoms with Crippen molar-refractivity contribution in [2.75, 3.05) is 5.32 Å². The van der Waals surface area contributed by atoms with Crippen molar-refractivity contribution in [2.24, 2.45) is 0 Å². The summed E-state index contributed by atoms with van der Waals surface area (Å²) < 4.78 is 42.4. The van der Waals surface area contributed by atoms with E-state index in [1.807, 2.05) is 0 Å². The highest BCUT2D eigenvalue weighted by molar-refractivity contribution is 5.53. The molecule has 0 aliphatic carbocycles. The summed E-state index contributed by atoms with van der Waals surface area (Å²) in [4.78, 5) is 0. The lowest BCUT2D eigenvalue weighted by atomic mass is 10.1. The molecule has 0 unspecified atom stereocenters. The van der Waals surface area contributed by atoms with E-state index in [4.69, 9.17) is 5.26 Å². The van der Waals surface area contributed by atoms with E-state index < -0.39 is 17.3 Å². The molecule has 0 radical (unpaired) electrons. The average Bonchev–Trinajstić information content (AvgIpc) is 2.88. The zero-order valence-electron chi connectivity index (χ0n) is 9.53. The average molecular weight is 267 g/mol. The molecule has 98 valence electrons. The second-order valence-corrected chi connectivity index (χ2v) is 3.71. The molecule has 0 aliphatic heterocycles. The van der Waals surface area contributed by atoms with Crippen LogP contribution in [0.5, 0.6) is 0 Å². The van der Waals surface area contributed by atoms with Crippen molar-refractivity contribution < 1.29 is 17.7 Å². The third kappa shape index (κ3) is 3.04. The maximum absolute atomic E-state index is 12.6. The van der Waals surface area contributed by atoms with Crippen LogP contribution in [0.15, 0.2) is 35.1 Å². The van der Waals surface area contributed by atoms with Crippen molar-refractivity contribution in [3.05, 3.63) is 47.3 Å². The van der Waals surface area contributed by atoms with Crippen LogP contribution in [-0.2, 0) is 12.7 Å². The van der Waals surface area contributed by atoms with Crippen LogP contribution in [0.4, 0.5) is 18.9 Å². The lowest BCUT2D eigenvalue weighted by Crippen LogP contribution is -2.08. The molecule has 1 aromatic carbocycles. The summed E-state index contributed by atoms with van der Waals surface area (Å²) in [5, 5.41) is 15.3. The molecule has 7 heteroatoms. The second-order valence-electron chi connectivity index (χ2n) is 3.71. The quantitative estimate of drug-likeness (QED) is 0.927. The number of hydrogen-bond donors (Lipinski definition) is 1. The van der Waals surface area contributed by atoms with Gasteiger partial charge in [0.15, 0.2) is 0 Å². The highest BCUT2D eigenvalue weighted by Gasteiger charge is 2.33.